The number of carbonyl (C=O) groups excluding carboxylic acids is 2. The summed E-state index contributed by atoms with van der Waals surface area (Å²) in [5, 5.41) is 31.1. The smallest absolute Gasteiger partial charge is 0.354 e. The van der Waals surface area contributed by atoms with E-state index in [1.165, 1.54) is 0 Å². The van der Waals surface area contributed by atoms with Gasteiger partial charge in [0.25, 0.3) is 0 Å². The van der Waals surface area contributed by atoms with Crippen molar-refractivity contribution >= 4 is 47.2 Å². The molecular weight excluding hydrogens is 420 g/mol. The highest BCUT2D eigenvalue weighted by atomic mass is 32.2. The van der Waals surface area contributed by atoms with Crippen molar-refractivity contribution in [2.24, 2.45) is 10.7 Å². The minimum absolute atomic E-state index is 0.0730. The van der Waals surface area contributed by atoms with Crippen LogP contribution in [0.1, 0.15) is 25.7 Å². The number of aliphatic carboxylic acids is 3. The summed E-state index contributed by atoms with van der Waals surface area (Å²) in [4.78, 5) is 61.0. The number of rotatable bonds is 12. The Balaban J connectivity index is 2.59. The molecule has 0 spiro atoms. The predicted octanol–water partition coefficient (Wildman–Crippen LogP) is -1.20. The van der Waals surface area contributed by atoms with E-state index in [-0.39, 0.29) is 49.3 Å². The molecular formula is C17H24N4O8S. The number of unbranched alkanes of at least 4 members (excludes halogenated alkanes) is 1. The molecule has 7 N–H and O–H groups in total. The lowest BCUT2D eigenvalue weighted by Crippen LogP contribution is -2.48. The highest BCUT2D eigenvalue weighted by molar-refractivity contribution is 8.00. The number of amides is 2. The molecule has 0 saturated heterocycles. The predicted molar refractivity (Wildman–Crippen MR) is 107 cm³/mol. The summed E-state index contributed by atoms with van der Waals surface area (Å²) in [5.41, 5.74) is 5.06. The van der Waals surface area contributed by atoms with E-state index in [1.807, 2.05) is 0 Å². The molecule has 0 aliphatic carbocycles. The van der Waals surface area contributed by atoms with Crippen molar-refractivity contribution in [3.05, 3.63) is 12.2 Å². The summed E-state index contributed by atoms with van der Waals surface area (Å²) >= 11 is 1.05. The fraction of sp³-hybridized carbons (Fsp3) is 0.529. The number of carboxylic acids is 3. The number of nitrogens with zero attached hydrogens (tertiary/aromatic N) is 1. The largest absolute Gasteiger partial charge is 0.480 e. The van der Waals surface area contributed by atoms with Gasteiger partial charge in [-0.2, -0.15) is 0 Å². The lowest BCUT2D eigenvalue weighted by Gasteiger charge is -2.25. The zero-order valence-electron chi connectivity index (χ0n) is 16.0. The first-order chi connectivity index (χ1) is 14.1. The first kappa shape index (κ1) is 25.1. The first-order valence-corrected chi connectivity index (χ1v) is 9.97. The second-order valence-electron chi connectivity index (χ2n) is 6.38. The topological polar surface area (TPSA) is 208 Å². The normalized spacial score (nSPS) is 18.0. The Bertz CT molecular complexity index is 754. The summed E-state index contributed by atoms with van der Waals surface area (Å²) in [5.74, 6) is -4.96. The van der Waals surface area contributed by atoms with Crippen molar-refractivity contribution in [3.63, 3.8) is 0 Å². The summed E-state index contributed by atoms with van der Waals surface area (Å²) in [6.07, 6.45) is 0.523. The van der Waals surface area contributed by atoms with Crippen LogP contribution in [0.25, 0.3) is 0 Å². The molecule has 1 aliphatic rings. The van der Waals surface area contributed by atoms with Gasteiger partial charge in [-0.3, -0.25) is 14.6 Å². The summed E-state index contributed by atoms with van der Waals surface area (Å²) in [6.45, 7) is 3.23. The van der Waals surface area contributed by atoms with Crippen LogP contribution in [0.4, 0.5) is 0 Å². The second kappa shape index (κ2) is 11.9. The molecule has 12 nitrogen and oxygen atoms in total. The van der Waals surface area contributed by atoms with Crippen molar-refractivity contribution in [2.45, 2.75) is 43.1 Å². The number of hydrogen-bond acceptors (Lipinski definition) is 8. The molecule has 0 aromatic carbocycles. The highest BCUT2D eigenvalue weighted by Crippen LogP contribution is 2.26. The van der Waals surface area contributed by atoms with E-state index < -0.39 is 47.2 Å². The fourth-order valence-corrected chi connectivity index (χ4v) is 3.60. The third-order valence-corrected chi connectivity index (χ3v) is 5.29. The van der Waals surface area contributed by atoms with Crippen LogP contribution in [-0.2, 0) is 24.0 Å². The zero-order chi connectivity index (χ0) is 22.8. The Hall–Kier alpha value is -2.93. The van der Waals surface area contributed by atoms with Crippen LogP contribution >= 0.6 is 11.8 Å². The van der Waals surface area contributed by atoms with E-state index >= 15 is 0 Å². The van der Waals surface area contributed by atoms with Gasteiger partial charge in [0.05, 0.1) is 6.54 Å². The minimum atomic E-state index is -1.43. The van der Waals surface area contributed by atoms with Gasteiger partial charge in [0, 0.05) is 12.2 Å². The quantitative estimate of drug-likeness (QED) is 0.198. The molecule has 0 radical (unpaired) electrons. The average molecular weight is 444 g/mol. The standard InChI is InChI=1S/C17H24N4O8S/c1-8-7-30-14(21-12(8)16(26)27)13(17(28)29)20-10(22)5-3-2-4-9(15(24)25)19-11(23)6-18/h9,13-14H,1-7,18H2,(H,19,23)(H,20,22)(H,24,25)(H,26,27)(H,28,29)/t9-,13-,14+/m0/s1. The first-order valence-electron chi connectivity index (χ1n) is 8.92. The zero-order valence-corrected chi connectivity index (χ0v) is 16.8. The molecule has 1 heterocycles. The van der Waals surface area contributed by atoms with E-state index in [4.69, 9.17) is 15.9 Å². The average Bonchev–Trinajstić information content (AvgIpc) is 2.68. The van der Waals surface area contributed by atoms with Gasteiger partial charge in [-0.15, -0.1) is 11.8 Å². The van der Waals surface area contributed by atoms with E-state index in [0.29, 0.717) is 0 Å². The Morgan fingerprint density at radius 2 is 1.77 bits per heavy atom. The molecule has 0 unspecified atom stereocenters. The molecule has 30 heavy (non-hydrogen) atoms. The van der Waals surface area contributed by atoms with Crippen molar-refractivity contribution in [2.75, 3.05) is 12.3 Å². The highest BCUT2D eigenvalue weighted by Gasteiger charge is 2.34. The van der Waals surface area contributed by atoms with Crippen LogP contribution in [0.3, 0.4) is 0 Å². The lowest BCUT2D eigenvalue weighted by molar-refractivity contribution is -0.142. The van der Waals surface area contributed by atoms with Gasteiger partial charge < -0.3 is 31.7 Å². The lowest BCUT2D eigenvalue weighted by atomic mass is 10.1. The van der Waals surface area contributed by atoms with Crippen molar-refractivity contribution in [1.29, 1.82) is 0 Å². The SMILES string of the molecule is C=C1CS[C@H]([C@H](NC(=O)CCCC[C@H](NC(=O)CN)C(=O)O)C(=O)O)N=C1C(=O)O. The summed E-state index contributed by atoms with van der Waals surface area (Å²) < 4.78 is 0. The van der Waals surface area contributed by atoms with Crippen LogP contribution < -0.4 is 16.4 Å². The van der Waals surface area contributed by atoms with Crippen molar-refractivity contribution < 1.29 is 39.3 Å². The van der Waals surface area contributed by atoms with Gasteiger partial charge in [0.15, 0.2) is 6.04 Å². The van der Waals surface area contributed by atoms with E-state index in [0.717, 1.165) is 11.8 Å². The maximum absolute atomic E-state index is 12.1. The van der Waals surface area contributed by atoms with E-state index in [1.54, 1.807) is 0 Å². The van der Waals surface area contributed by atoms with Crippen molar-refractivity contribution in [1.82, 2.24) is 10.6 Å². The molecule has 166 valence electrons. The number of carboxylic acid groups (broad SMARTS) is 3. The monoisotopic (exact) mass is 444 g/mol. The van der Waals surface area contributed by atoms with Crippen LogP contribution in [0.2, 0.25) is 0 Å². The molecule has 0 aromatic heterocycles. The number of carbonyl (C=O) groups is 5. The van der Waals surface area contributed by atoms with Crippen LogP contribution in [0.5, 0.6) is 0 Å². The van der Waals surface area contributed by atoms with Gasteiger partial charge in [-0.05, 0) is 18.4 Å². The van der Waals surface area contributed by atoms with Crippen LogP contribution in [-0.4, -0.2) is 80.5 Å². The number of nitrogens with one attached hydrogen (secondary N) is 2. The van der Waals surface area contributed by atoms with Gasteiger partial charge >= 0.3 is 17.9 Å². The number of nitrogens with two attached hydrogens (primary N) is 1. The molecule has 0 bridgehead atoms. The van der Waals surface area contributed by atoms with Gasteiger partial charge in [0.1, 0.15) is 17.1 Å². The van der Waals surface area contributed by atoms with E-state index in [9.17, 15) is 29.1 Å². The number of thioether (sulfide) groups is 1. The Kier molecular flexibility index (Phi) is 9.98. The Labute approximate surface area is 176 Å². The Morgan fingerprint density at radius 3 is 2.30 bits per heavy atom. The Morgan fingerprint density at radius 1 is 1.10 bits per heavy atom. The number of hydrogen-bond donors (Lipinski definition) is 6. The number of aliphatic imine (C=N–C) groups is 1. The van der Waals surface area contributed by atoms with Gasteiger partial charge in [-0.25, -0.2) is 14.4 Å². The van der Waals surface area contributed by atoms with E-state index in [2.05, 4.69) is 22.2 Å². The molecule has 1 aliphatic heterocycles. The molecule has 3 atom stereocenters. The van der Waals surface area contributed by atoms with Crippen LogP contribution in [0.15, 0.2) is 17.1 Å². The third kappa shape index (κ3) is 7.83. The molecule has 0 fully saturated rings. The van der Waals surface area contributed by atoms with Crippen LogP contribution in [0, 0.1) is 0 Å². The molecule has 1 rings (SSSR count). The summed E-state index contributed by atoms with van der Waals surface area (Å²) in [7, 11) is 0. The molecule has 0 aromatic rings. The fourth-order valence-electron chi connectivity index (χ4n) is 2.53. The molecule has 13 heteroatoms. The maximum atomic E-state index is 12.1. The second-order valence-corrected chi connectivity index (χ2v) is 7.48. The van der Waals surface area contributed by atoms with Gasteiger partial charge in [0.2, 0.25) is 11.8 Å². The van der Waals surface area contributed by atoms with Crippen molar-refractivity contribution in [3.8, 4) is 0 Å². The maximum Gasteiger partial charge on any atom is 0.354 e. The molecule has 0 saturated carbocycles. The summed E-state index contributed by atoms with van der Waals surface area (Å²) in [6, 6.07) is -2.56. The minimum Gasteiger partial charge on any atom is -0.480 e. The van der Waals surface area contributed by atoms with Gasteiger partial charge in [-0.1, -0.05) is 13.0 Å². The molecule has 2 amide bonds. The third-order valence-electron chi connectivity index (χ3n) is 4.06.